The van der Waals surface area contributed by atoms with Crippen LogP contribution in [0.4, 0.5) is 0 Å². The molecule has 9 heavy (non-hydrogen) atoms. The van der Waals surface area contributed by atoms with E-state index in [1.807, 2.05) is 6.92 Å². The van der Waals surface area contributed by atoms with Crippen LogP contribution >= 0.6 is 11.3 Å². The van der Waals surface area contributed by atoms with Crippen LogP contribution in [0.1, 0.15) is 10.6 Å². The van der Waals surface area contributed by atoms with E-state index in [1.54, 1.807) is 5.51 Å². The topological polar surface area (TPSA) is 33.1 Å². The fourth-order valence-corrected chi connectivity index (χ4v) is 1.11. The van der Waals surface area contributed by atoms with E-state index in [0.29, 0.717) is 0 Å². The molecule has 0 spiro atoms. The maximum Gasteiger partial charge on any atom is 0.0814 e. The van der Waals surface area contributed by atoms with Crippen molar-refractivity contribution in [1.29, 1.82) is 0 Å². The van der Waals surface area contributed by atoms with Gasteiger partial charge in [-0.15, -0.1) is 11.3 Å². The van der Waals surface area contributed by atoms with Gasteiger partial charge in [0, 0.05) is 0 Å². The van der Waals surface area contributed by atoms with E-state index in [1.165, 1.54) is 11.3 Å². The normalized spacial score (nSPS) is 8.67. The Morgan fingerprint density at radius 2 is 2.44 bits per heavy atom. The summed E-state index contributed by atoms with van der Waals surface area (Å²) < 4.78 is 0. The number of aryl methyl sites for hydroxylation is 1. The van der Waals surface area contributed by atoms with E-state index in [-0.39, 0.29) is 15.0 Å². The van der Waals surface area contributed by atoms with Crippen molar-refractivity contribution in [3.05, 3.63) is 16.1 Å². The highest BCUT2D eigenvalue weighted by atomic mass is 32.1. The molecule has 0 saturated carbocycles. The molecular formula is C5H10BNOS. The first kappa shape index (κ1) is 8.65. The summed E-state index contributed by atoms with van der Waals surface area (Å²) in [5.74, 6) is 0. The minimum Gasteiger partial charge on any atom is -0.391 e. The van der Waals surface area contributed by atoms with Crippen LogP contribution in [0.15, 0.2) is 5.51 Å². The van der Waals surface area contributed by atoms with Gasteiger partial charge in [-0.1, -0.05) is 0 Å². The molecule has 0 fully saturated rings. The molecular weight excluding hydrogens is 133 g/mol. The Labute approximate surface area is 60.1 Å². The van der Waals surface area contributed by atoms with Crippen molar-refractivity contribution in [2.75, 3.05) is 0 Å². The van der Waals surface area contributed by atoms with Crippen LogP contribution in [0.5, 0.6) is 0 Å². The zero-order chi connectivity index (χ0) is 5.98. The fraction of sp³-hybridized carbons (Fsp3) is 0.400. The van der Waals surface area contributed by atoms with E-state index >= 15 is 0 Å². The molecule has 0 aliphatic rings. The number of nitrogens with zero attached hydrogens (tertiary/aromatic N) is 1. The molecule has 2 nitrogen and oxygen atoms in total. The third-order valence-electron chi connectivity index (χ3n) is 0.988. The Balaban J connectivity index is 0.000000640. The van der Waals surface area contributed by atoms with Crippen LogP contribution in [-0.4, -0.2) is 18.5 Å². The maximum atomic E-state index is 8.58. The van der Waals surface area contributed by atoms with E-state index in [2.05, 4.69) is 4.98 Å². The average molecular weight is 143 g/mol. The first-order valence-electron chi connectivity index (χ1n) is 2.34. The summed E-state index contributed by atoms with van der Waals surface area (Å²) in [7, 11) is 0. The van der Waals surface area contributed by atoms with Gasteiger partial charge in [0.05, 0.1) is 31.1 Å². The third-order valence-corrected chi connectivity index (χ3v) is 1.91. The van der Waals surface area contributed by atoms with Crippen LogP contribution in [0.2, 0.25) is 0 Å². The third kappa shape index (κ3) is 1.80. The molecule has 0 aromatic carbocycles. The first-order chi connectivity index (χ1) is 3.84. The van der Waals surface area contributed by atoms with Gasteiger partial charge >= 0.3 is 0 Å². The van der Waals surface area contributed by atoms with Gasteiger partial charge in [-0.3, -0.25) is 0 Å². The van der Waals surface area contributed by atoms with Gasteiger partial charge in [0.1, 0.15) is 0 Å². The van der Waals surface area contributed by atoms with Gasteiger partial charge < -0.3 is 5.11 Å². The standard InChI is InChI=1S/C5H7NOS.BH3/c1-4-5(2-7)8-3-6-4;/h3,7H,2H2,1H3;1H3. The Bertz CT molecular complexity index is 177. The molecule has 4 heteroatoms. The first-order valence-corrected chi connectivity index (χ1v) is 3.22. The SMILES string of the molecule is B.Cc1ncsc1CO. The molecule has 0 saturated heterocycles. The highest BCUT2D eigenvalue weighted by molar-refractivity contribution is 7.09. The number of hydrogen-bond acceptors (Lipinski definition) is 3. The van der Waals surface area contributed by atoms with Crippen molar-refractivity contribution in [3.8, 4) is 0 Å². The largest absolute Gasteiger partial charge is 0.391 e. The van der Waals surface area contributed by atoms with Crippen LogP contribution in [0.25, 0.3) is 0 Å². The van der Waals surface area contributed by atoms with Crippen molar-refractivity contribution < 1.29 is 5.11 Å². The monoisotopic (exact) mass is 143 g/mol. The molecule has 1 heterocycles. The average Bonchev–Trinajstić information content (AvgIpc) is 2.14. The lowest BCUT2D eigenvalue weighted by Crippen LogP contribution is -1.79. The summed E-state index contributed by atoms with van der Waals surface area (Å²) >= 11 is 1.49. The van der Waals surface area contributed by atoms with Crippen molar-refractivity contribution in [2.24, 2.45) is 0 Å². The van der Waals surface area contributed by atoms with Gasteiger partial charge in [0.25, 0.3) is 0 Å². The second kappa shape index (κ2) is 3.64. The van der Waals surface area contributed by atoms with Gasteiger partial charge in [-0.25, -0.2) is 4.98 Å². The summed E-state index contributed by atoms with van der Waals surface area (Å²) in [4.78, 5) is 4.91. The molecule has 1 rings (SSSR count). The molecule has 1 aromatic heterocycles. The molecule has 50 valence electrons. The number of aliphatic hydroxyl groups excluding tert-OH is 1. The summed E-state index contributed by atoms with van der Waals surface area (Å²) in [6, 6.07) is 0. The van der Waals surface area contributed by atoms with Crippen LogP contribution in [0, 0.1) is 6.92 Å². The zero-order valence-electron chi connectivity index (χ0n) is 4.59. The van der Waals surface area contributed by atoms with Gasteiger partial charge in [-0.05, 0) is 6.92 Å². The molecule has 0 unspecified atom stereocenters. The predicted molar refractivity (Wildman–Crippen MR) is 42.7 cm³/mol. The summed E-state index contributed by atoms with van der Waals surface area (Å²) in [6.45, 7) is 2.01. The summed E-state index contributed by atoms with van der Waals surface area (Å²) in [5, 5.41) is 8.58. The van der Waals surface area contributed by atoms with E-state index in [9.17, 15) is 0 Å². The van der Waals surface area contributed by atoms with E-state index in [0.717, 1.165) is 10.6 Å². The smallest absolute Gasteiger partial charge is 0.0814 e. The summed E-state index contributed by atoms with van der Waals surface area (Å²) in [5.41, 5.74) is 2.68. The highest BCUT2D eigenvalue weighted by Crippen LogP contribution is 2.10. The van der Waals surface area contributed by atoms with Gasteiger partial charge in [0.15, 0.2) is 0 Å². The molecule has 1 aromatic rings. The molecule has 0 aliphatic heterocycles. The number of aliphatic hydroxyl groups is 1. The molecule has 0 atom stereocenters. The van der Waals surface area contributed by atoms with Gasteiger partial charge in [0.2, 0.25) is 0 Å². The van der Waals surface area contributed by atoms with E-state index < -0.39 is 0 Å². The van der Waals surface area contributed by atoms with Crippen LogP contribution in [0.3, 0.4) is 0 Å². The molecule has 1 N–H and O–H groups in total. The Hall–Kier alpha value is -0.345. The lowest BCUT2D eigenvalue weighted by Gasteiger charge is -1.85. The Morgan fingerprint density at radius 1 is 1.78 bits per heavy atom. The van der Waals surface area contributed by atoms with Gasteiger partial charge in [-0.2, -0.15) is 0 Å². The molecule has 0 bridgehead atoms. The number of aromatic nitrogens is 1. The number of rotatable bonds is 1. The second-order valence-electron chi connectivity index (χ2n) is 1.52. The zero-order valence-corrected chi connectivity index (χ0v) is 5.40. The molecule has 0 amide bonds. The maximum absolute atomic E-state index is 8.58. The minimum atomic E-state index is 0. The van der Waals surface area contributed by atoms with E-state index in [4.69, 9.17) is 5.11 Å². The van der Waals surface area contributed by atoms with Crippen LogP contribution in [-0.2, 0) is 6.61 Å². The van der Waals surface area contributed by atoms with Crippen LogP contribution < -0.4 is 0 Å². The Kier molecular flexibility index (Phi) is 3.50. The quantitative estimate of drug-likeness (QED) is 0.550. The minimum absolute atomic E-state index is 0. The number of thiazole rings is 1. The summed E-state index contributed by atoms with van der Waals surface area (Å²) in [6.07, 6.45) is 0. The lowest BCUT2D eigenvalue weighted by molar-refractivity contribution is 0.284. The van der Waals surface area contributed by atoms with Crippen molar-refractivity contribution in [2.45, 2.75) is 13.5 Å². The predicted octanol–water partition coefficient (Wildman–Crippen LogP) is -0.240. The molecule has 0 radical (unpaired) electrons. The van der Waals surface area contributed by atoms with Crippen molar-refractivity contribution in [3.63, 3.8) is 0 Å². The molecule has 0 aliphatic carbocycles. The second-order valence-corrected chi connectivity index (χ2v) is 2.46. The Morgan fingerprint density at radius 3 is 2.67 bits per heavy atom. The highest BCUT2D eigenvalue weighted by Gasteiger charge is 1.95. The van der Waals surface area contributed by atoms with Crippen molar-refractivity contribution >= 4 is 19.7 Å². The van der Waals surface area contributed by atoms with Crippen molar-refractivity contribution in [1.82, 2.24) is 4.98 Å². The fourth-order valence-electron chi connectivity index (χ4n) is 0.478. The number of hydrogen-bond donors (Lipinski definition) is 1. The lowest BCUT2D eigenvalue weighted by atomic mass is 10.4.